The lowest BCUT2D eigenvalue weighted by Gasteiger charge is -2.38. The fourth-order valence-electron chi connectivity index (χ4n) is 4.25. The largest absolute Gasteiger partial charge is 0.612 e. The van der Waals surface area contributed by atoms with E-state index in [0.717, 1.165) is 29.9 Å². The first-order valence-corrected chi connectivity index (χ1v) is 12.5. The van der Waals surface area contributed by atoms with Crippen LogP contribution in [-0.2, 0) is 4.57 Å². The highest BCUT2D eigenvalue weighted by molar-refractivity contribution is 7.76. The molecule has 0 bridgehead atoms. The molecule has 2 N–H and O–H groups in total. The van der Waals surface area contributed by atoms with Crippen LogP contribution in [0, 0.1) is 16.5 Å². The van der Waals surface area contributed by atoms with Gasteiger partial charge in [0.1, 0.15) is 5.66 Å². The van der Waals surface area contributed by atoms with Crippen LogP contribution in [0.25, 0.3) is 0 Å². The van der Waals surface area contributed by atoms with Crippen LogP contribution in [0.15, 0.2) is 60.7 Å². The zero-order valence-corrected chi connectivity index (χ0v) is 17.8. The molecule has 4 nitrogen and oxygen atoms in total. The van der Waals surface area contributed by atoms with Gasteiger partial charge < -0.3 is 4.89 Å². The molecule has 1 aliphatic carbocycles. The summed E-state index contributed by atoms with van der Waals surface area (Å²) in [6, 6.07) is 19.2. The van der Waals surface area contributed by atoms with Gasteiger partial charge in [0, 0.05) is 17.2 Å². The number of hydrogen-bond donors (Lipinski definition) is 2. The van der Waals surface area contributed by atoms with Gasteiger partial charge in [-0.05, 0) is 54.9 Å². The molecule has 0 radical (unpaired) electrons. The van der Waals surface area contributed by atoms with E-state index in [4.69, 9.17) is 5.16 Å². The minimum absolute atomic E-state index is 0.0603. The molecule has 0 aliphatic heterocycles. The third-order valence-electron chi connectivity index (χ3n) is 5.41. The van der Waals surface area contributed by atoms with Crippen LogP contribution < -0.4 is 20.6 Å². The molecule has 144 valence electrons. The van der Waals surface area contributed by atoms with E-state index in [2.05, 4.69) is 18.9 Å². The zero-order chi connectivity index (χ0) is 19.5. The molecule has 2 aromatic rings. The van der Waals surface area contributed by atoms with Gasteiger partial charge in [-0.3, -0.25) is 9.65 Å². The van der Waals surface area contributed by atoms with Crippen LogP contribution in [-0.4, -0.2) is 12.2 Å². The molecule has 0 spiro atoms. The average molecular weight is 402 g/mol. The number of benzene rings is 2. The Morgan fingerprint density at radius 3 is 2.07 bits per heavy atom. The van der Waals surface area contributed by atoms with Crippen LogP contribution in [0.2, 0.25) is 0 Å². The van der Waals surface area contributed by atoms with Crippen molar-refractivity contribution in [2.45, 2.75) is 38.8 Å². The fourth-order valence-corrected chi connectivity index (χ4v) is 7.77. The minimum atomic E-state index is -2.95. The van der Waals surface area contributed by atoms with Crippen molar-refractivity contribution < 1.29 is 9.46 Å². The quantitative estimate of drug-likeness (QED) is 0.711. The molecule has 1 fully saturated rings. The smallest absolute Gasteiger partial charge is 0.204 e. The van der Waals surface area contributed by atoms with E-state index in [1.165, 1.54) is 0 Å². The van der Waals surface area contributed by atoms with Crippen molar-refractivity contribution in [2.75, 3.05) is 6.54 Å². The van der Waals surface area contributed by atoms with E-state index < -0.39 is 15.2 Å². The highest BCUT2D eigenvalue weighted by Crippen LogP contribution is 2.46. The summed E-state index contributed by atoms with van der Waals surface area (Å²) >= 11 is 0. The molecule has 0 amide bonds. The second-order valence-corrected chi connectivity index (χ2v) is 12.2. The van der Waals surface area contributed by atoms with Crippen LogP contribution in [0.5, 0.6) is 0 Å². The van der Waals surface area contributed by atoms with Crippen LogP contribution >= 0.6 is 15.2 Å². The van der Waals surface area contributed by atoms with E-state index in [9.17, 15) is 9.46 Å². The molecule has 27 heavy (non-hydrogen) atoms. The maximum Gasteiger partial charge on any atom is 0.204 e. The Morgan fingerprint density at radius 2 is 1.59 bits per heavy atom. The van der Waals surface area contributed by atoms with E-state index in [-0.39, 0.29) is 17.0 Å². The zero-order valence-electron chi connectivity index (χ0n) is 16.0. The van der Waals surface area contributed by atoms with Gasteiger partial charge in [0.2, 0.25) is 7.29 Å². The first-order chi connectivity index (χ1) is 12.8. The molecule has 2 aromatic carbocycles. The lowest BCUT2D eigenvalue weighted by Crippen LogP contribution is -2.38. The fraction of sp³-hybridized carbons (Fsp3) is 0.429. The highest BCUT2D eigenvalue weighted by Gasteiger charge is 2.39. The molecule has 0 saturated heterocycles. The Bertz CT molecular complexity index is 781. The van der Waals surface area contributed by atoms with Gasteiger partial charge in [-0.1, -0.05) is 50.2 Å². The predicted octanol–water partition coefficient (Wildman–Crippen LogP) is 4.22. The summed E-state index contributed by atoms with van der Waals surface area (Å²) < 4.78 is 14.0. The molecule has 0 heterocycles. The summed E-state index contributed by atoms with van der Waals surface area (Å²) in [5, 5.41) is 12.7. The first kappa shape index (κ1) is 20.4. The number of nitrogens with one attached hydrogen (secondary N) is 2. The summed E-state index contributed by atoms with van der Waals surface area (Å²) in [5.74, 6) is 0.267. The molecule has 0 aromatic heterocycles. The molecule has 1 saturated carbocycles. The summed E-state index contributed by atoms with van der Waals surface area (Å²) in [4.78, 5) is 11.8. The van der Waals surface area contributed by atoms with Crippen LogP contribution in [0.1, 0.15) is 33.1 Å². The number of rotatable bonds is 6. The summed E-state index contributed by atoms with van der Waals surface area (Å²) in [5.41, 5.74) is -0.00600. The third kappa shape index (κ3) is 4.95. The molecule has 3 atom stereocenters. The maximum atomic E-state index is 14.0. The van der Waals surface area contributed by atoms with E-state index >= 15 is 0 Å². The van der Waals surface area contributed by atoms with Gasteiger partial charge in [-0.25, -0.2) is 0 Å². The second kappa shape index (κ2) is 8.37. The first-order valence-electron chi connectivity index (χ1n) is 9.44. The van der Waals surface area contributed by atoms with Gasteiger partial charge in [0.25, 0.3) is 0 Å². The summed E-state index contributed by atoms with van der Waals surface area (Å²) in [6.45, 7) is 4.96. The number of hydrogen-bond acceptors (Lipinski definition) is 3. The van der Waals surface area contributed by atoms with E-state index in [1.54, 1.807) is 0 Å². The van der Waals surface area contributed by atoms with Crippen molar-refractivity contribution in [1.82, 2.24) is 5.09 Å². The van der Waals surface area contributed by atoms with Crippen molar-refractivity contribution in [3.63, 3.8) is 0 Å². The Hall–Kier alpha value is -1.31. The van der Waals surface area contributed by atoms with Gasteiger partial charge in [0.05, 0.1) is 0 Å². The molecular formula is C21H28N2O2P2. The van der Waals surface area contributed by atoms with Gasteiger partial charge in [-0.15, -0.1) is 5.16 Å². The topological polar surface area (TPSA) is 76.0 Å². The second-order valence-electron chi connectivity index (χ2n) is 8.30. The normalized spacial score (nSPS) is 23.0. The third-order valence-corrected chi connectivity index (χ3v) is 9.14. The van der Waals surface area contributed by atoms with Crippen molar-refractivity contribution in [3.05, 3.63) is 60.7 Å². The van der Waals surface area contributed by atoms with Crippen LogP contribution in [0.4, 0.5) is 0 Å². The Labute approximate surface area is 163 Å². The Kier molecular flexibility index (Phi) is 6.33. The monoisotopic (exact) mass is 402 g/mol. The molecule has 3 unspecified atom stereocenters. The van der Waals surface area contributed by atoms with Gasteiger partial charge in [-0.2, -0.15) is 0 Å². The van der Waals surface area contributed by atoms with Crippen molar-refractivity contribution >= 4 is 25.8 Å². The van der Waals surface area contributed by atoms with E-state index in [1.807, 2.05) is 60.7 Å². The lowest BCUT2D eigenvalue weighted by atomic mass is 9.72. The predicted molar refractivity (Wildman–Crippen MR) is 112 cm³/mol. The van der Waals surface area contributed by atoms with Gasteiger partial charge >= 0.3 is 0 Å². The summed E-state index contributed by atoms with van der Waals surface area (Å²) in [7, 11) is -4.87. The molecule has 1 aliphatic rings. The molecule has 6 heteroatoms. The minimum Gasteiger partial charge on any atom is -0.612 e. The lowest BCUT2D eigenvalue weighted by molar-refractivity contribution is -0.159. The highest BCUT2D eigenvalue weighted by atomic mass is 31.2. The Morgan fingerprint density at radius 1 is 1.07 bits per heavy atom. The average Bonchev–Trinajstić information content (AvgIpc) is 2.66. The molecular weight excluding hydrogens is 374 g/mol. The standard InChI is InChI=1S/C21H28N2O2P2/c1-21(2)14-17(13-18(15-21)26(22)24)16-23-27(25,19-9-5-3-6-10-19)20-11-7-4-8-12-20/h3-12,17-18,22H,13-16H2,1-2H3,(H,23,25). The van der Waals surface area contributed by atoms with Crippen molar-refractivity contribution in [1.29, 1.82) is 5.16 Å². The summed E-state index contributed by atoms with van der Waals surface area (Å²) in [6.07, 6.45) is 2.58. The SMILES string of the molecule is CC1(C)CC(CNP(=O)(c2ccccc2)c2ccccc2)CC([P+](=N)[O-])C1. The Balaban J connectivity index is 1.84. The van der Waals surface area contributed by atoms with E-state index in [0.29, 0.717) is 6.54 Å². The van der Waals surface area contributed by atoms with Gasteiger partial charge in [0.15, 0.2) is 7.94 Å². The van der Waals surface area contributed by atoms with Crippen LogP contribution in [0.3, 0.4) is 0 Å². The van der Waals surface area contributed by atoms with Crippen molar-refractivity contribution in [2.24, 2.45) is 11.3 Å². The van der Waals surface area contributed by atoms with Crippen molar-refractivity contribution in [3.8, 4) is 0 Å². The maximum absolute atomic E-state index is 14.0. The molecule has 3 rings (SSSR count).